The first-order valence-electron chi connectivity index (χ1n) is 7.20. The third-order valence-electron chi connectivity index (χ3n) is 2.91. The summed E-state index contributed by atoms with van der Waals surface area (Å²) < 4.78 is 16.1. The van der Waals surface area contributed by atoms with Gasteiger partial charge in [-0.2, -0.15) is 0 Å². The summed E-state index contributed by atoms with van der Waals surface area (Å²) in [5.41, 5.74) is -0.450. The number of rotatable bonds is 6. The van der Waals surface area contributed by atoms with E-state index >= 15 is 0 Å². The molecule has 0 unspecified atom stereocenters. The normalized spacial score (nSPS) is 17.3. The Balaban J connectivity index is 2.15. The van der Waals surface area contributed by atoms with E-state index < -0.39 is 5.60 Å². The number of aliphatic hydroxyl groups is 1. The molecule has 1 aliphatic heterocycles. The molecule has 1 fully saturated rings. The highest BCUT2D eigenvalue weighted by Gasteiger charge is 2.26. The third kappa shape index (κ3) is 7.07. The Kier molecular flexibility index (Phi) is 7.26. The van der Waals surface area contributed by atoms with Crippen molar-refractivity contribution in [2.75, 3.05) is 39.5 Å². The number of hydrogen-bond donors (Lipinski definition) is 1. The Bertz CT molecular complexity index is 282. The molecule has 0 radical (unpaired) electrons. The van der Waals surface area contributed by atoms with Crippen LogP contribution in [0.1, 0.15) is 33.6 Å². The summed E-state index contributed by atoms with van der Waals surface area (Å²) in [5, 5.41) is 8.56. The lowest BCUT2D eigenvalue weighted by atomic mass is 10.1. The summed E-state index contributed by atoms with van der Waals surface area (Å²) >= 11 is 0. The SMILES string of the molecule is CC(C)(C)OC(=O)N1CCC(OCCOCCO)CC1. The quantitative estimate of drug-likeness (QED) is 0.749. The molecule has 0 saturated carbocycles. The van der Waals surface area contributed by atoms with Crippen LogP contribution in [0.4, 0.5) is 4.79 Å². The van der Waals surface area contributed by atoms with E-state index in [4.69, 9.17) is 19.3 Å². The lowest BCUT2D eigenvalue weighted by Crippen LogP contribution is -2.43. The third-order valence-corrected chi connectivity index (χ3v) is 2.91. The molecular formula is C14H27NO5. The van der Waals surface area contributed by atoms with Gasteiger partial charge in [0.1, 0.15) is 5.60 Å². The molecule has 1 saturated heterocycles. The molecule has 0 aromatic heterocycles. The highest BCUT2D eigenvalue weighted by molar-refractivity contribution is 5.68. The number of carbonyl (C=O) groups is 1. The van der Waals surface area contributed by atoms with Crippen molar-refractivity contribution in [2.24, 2.45) is 0 Å². The molecule has 1 rings (SSSR count). The Morgan fingerprint density at radius 2 is 1.85 bits per heavy atom. The number of nitrogens with zero attached hydrogens (tertiary/aromatic N) is 1. The highest BCUT2D eigenvalue weighted by Crippen LogP contribution is 2.17. The number of hydrogen-bond acceptors (Lipinski definition) is 5. The van der Waals surface area contributed by atoms with Gasteiger partial charge in [-0.1, -0.05) is 0 Å². The summed E-state index contributed by atoms with van der Waals surface area (Å²) in [6, 6.07) is 0. The average Bonchev–Trinajstić information content (AvgIpc) is 2.37. The van der Waals surface area contributed by atoms with E-state index in [1.807, 2.05) is 20.8 Å². The van der Waals surface area contributed by atoms with Crippen LogP contribution in [-0.2, 0) is 14.2 Å². The van der Waals surface area contributed by atoms with Gasteiger partial charge in [-0.15, -0.1) is 0 Å². The topological polar surface area (TPSA) is 68.2 Å². The fourth-order valence-electron chi connectivity index (χ4n) is 1.97. The standard InChI is InChI=1S/C14H27NO5/c1-14(2,3)20-13(17)15-6-4-12(5-7-15)19-11-10-18-9-8-16/h12,16H,4-11H2,1-3H3. The summed E-state index contributed by atoms with van der Waals surface area (Å²) in [4.78, 5) is 13.6. The predicted molar refractivity (Wildman–Crippen MR) is 74.7 cm³/mol. The van der Waals surface area contributed by atoms with Gasteiger partial charge in [0.25, 0.3) is 0 Å². The fourth-order valence-corrected chi connectivity index (χ4v) is 1.97. The van der Waals surface area contributed by atoms with Crippen molar-refractivity contribution in [1.29, 1.82) is 0 Å². The molecule has 0 bridgehead atoms. The van der Waals surface area contributed by atoms with Gasteiger partial charge in [-0.3, -0.25) is 0 Å². The smallest absolute Gasteiger partial charge is 0.410 e. The van der Waals surface area contributed by atoms with Crippen LogP contribution in [0.15, 0.2) is 0 Å². The van der Waals surface area contributed by atoms with Crippen molar-refractivity contribution in [3.8, 4) is 0 Å². The second-order valence-electron chi connectivity index (χ2n) is 5.87. The summed E-state index contributed by atoms with van der Waals surface area (Å²) in [6.45, 7) is 8.33. The summed E-state index contributed by atoms with van der Waals surface area (Å²) in [7, 11) is 0. The number of ether oxygens (including phenoxy) is 3. The first kappa shape index (κ1) is 17.2. The molecule has 1 N–H and O–H groups in total. The monoisotopic (exact) mass is 289 g/mol. The molecule has 118 valence electrons. The van der Waals surface area contributed by atoms with Crippen molar-refractivity contribution in [3.63, 3.8) is 0 Å². The van der Waals surface area contributed by atoms with Crippen LogP contribution < -0.4 is 0 Å². The second-order valence-corrected chi connectivity index (χ2v) is 5.87. The van der Waals surface area contributed by atoms with Crippen molar-refractivity contribution in [3.05, 3.63) is 0 Å². The maximum atomic E-state index is 11.9. The zero-order chi connectivity index (χ0) is 15.0. The zero-order valence-electron chi connectivity index (χ0n) is 12.8. The van der Waals surface area contributed by atoms with Gasteiger partial charge in [0.15, 0.2) is 0 Å². The Morgan fingerprint density at radius 3 is 2.40 bits per heavy atom. The lowest BCUT2D eigenvalue weighted by molar-refractivity contribution is -0.0321. The molecule has 1 heterocycles. The first-order chi connectivity index (χ1) is 9.42. The second kappa shape index (κ2) is 8.44. The summed E-state index contributed by atoms with van der Waals surface area (Å²) in [5.74, 6) is 0. The molecule has 0 aromatic rings. The largest absolute Gasteiger partial charge is 0.444 e. The zero-order valence-corrected chi connectivity index (χ0v) is 12.8. The van der Waals surface area contributed by atoms with Crippen LogP contribution in [0.25, 0.3) is 0 Å². The van der Waals surface area contributed by atoms with Crippen molar-refractivity contribution < 1.29 is 24.1 Å². The van der Waals surface area contributed by atoms with Gasteiger partial charge in [0.05, 0.1) is 32.5 Å². The van der Waals surface area contributed by atoms with Gasteiger partial charge in [0, 0.05) is 13.1 Å². The Hall–Kier alpha value is -0.850. The molecule has 0 spiro atoms. The van der Waals surface area contributed by atoms with E-state index in [2.05, 4.69) is 0 Å². The van der Waals surface area contributed by atoms with Crippen LogP contribution in [0.3, 0.4) is 0 Å². The van der Waals surface area contributed by atoms with Gasteiger partial charge in [-0.25, -0.2) is 4.79 Å². The molecule has 0 aliphatic carbocycles. The Labute approximate surface area is 121 Å². The Morgan fingerprint density at radius 1 is 1.20 bits per heavy atom. The number of likely N-dealkylation sites (tertiary alicyclic amines) is 1. The number of aliphatic hydroxyl groups excluding tert-OH is 1. The van der Waals surface area contributed by atoms with Gasteiger partial charge in [0.2, 0.25) is 0 Å². The van der Waals surface area contributed by atoms with Crippen molar-refractivity contribution >= 4 is 6.09 Å². The van der Waals surface area contributed by atoms with Gasteiger partial charge in [-0.05, 0) is 33.6 Å². The van der Waals surface area contributed by atoms with E-state index in [0.29, 0.717) is 32.9 Å². The number of carbonyl (C=O) groups excluding carboxylic acids is 1. The van der Waals surface area contributed by atoms with Crippen LogP contribution in [-0.4, -0.2) is 67.3 Å². The van der Waals surface area contributed by atoms with E-state index in [0.717, 1.165) is 12.8 Å². The molecular weight excluding hydrogens is 262 g/mol. The molecule has 20 heavy (non-hydrogen) atoms. The number of piperidine rings is 1. The average molecular weight is 289 g/mol. The fraction of sp³-hybridized carbons (Fsp3) is 0.929. The van der Waals surface area contributed by atoms with Crippen LogP contribution in [0.2, 0.25) is 0 Å². The van der Waals surface area contributed by atoms with Gasteiger partial charge >= 0.3 is 6.09 Å². The minimum atomic E-state index is -0.450. The first-order valence-corrected chi connectivity index (χ1v) is 7.20. The lowest BCUT2D eigenvalue weighted by Gasteiger charge is -2.33. The predicted octanol–water partition coefficient (Wildman–Crippen LogP) is 1.41. The van der Waals surface area contributed by atoms with E-state index in [9.17, 15) is 4.79 Å². The molecule has 6 heteroatoms. The van der Waals surface area contributed by atoms with E-state index in [1.165, 1.54) is 0 Å². The molecule has 6 nitrogen and oxygen atoms in total. The van der Waals surface area contributed by atoms with Crippen molar-refractivity contribution in [1.82, 2.24) is 4.90 Å². The van der Waals surface area contributed by atoms with Gasteiger partial charge < -0.3 is 24.2 Å². The van der Waals surface area contributed by atoms with Crippen LogP contribution in [0, 0.1) is 0 Å². The maximum absolute atomic E-state index is 11.9. The van der Waals surface area contributed by atoms with E-state index in [1.54, 1.807) is 4.90 Å². The van der Waals surface area contributed by atoms with E-state index in [-0.39, 0.29) is 18.8 Å². The van der Waals surface area contributed by atoms with Crippen molar-refractivity contribution in [2.45, 2.75) is 45.3 Å². The maximum Gasteiger partial charge on any atom is 0.410 e. The van der Waals surface area contributed by atoms with Crippen LogP contribution >= 0.6 is 0 Å². The molecule has 1 aliphatic rings. The minimum Gasteiger partial charge on any atom is -0.444 e. The number of amides is 1. The molecule has 0 atom stereocenters. The highest BCUT2D eigenvalue weighted by atomic mass is 16.6. The summed E-state index contributed by atoms with van der Waals surface area (Å²) in [6.07, 6.45) is 1.56. The molecule has 1 amide bonds. The van der Waals surface area contributed by atoms with Crippen LogP contribution in [0.5, 0.6) is 0 Å². The minimum absolute atomic E-state index is 0.0360. The molecule has 0 aromatic carbocycles.